The standard InChI is InChI=1S/C11H14N4/c1-8-6-10(14-4-3-5-14)7-15-11(8)12-9(2)13-15/h6-7H,3-5H2,1-2H3. The van der Waals surface area contributed by atoms with Gasteiger partial charge in [0.2, 0.25) is 0 Å². The lowest BCUT2D eigenvalue weighted by atomic mass is 10.2. The molecule has 0 radical (unpaired) electrons. The molecular formula is C11H14N4. The number of hydrogen-bond donors (Lipinski definition) is 0. The van der Waals surface area contributed by atoms with Gasteiger partial charge in [0.05, 0.1) is 11.9 Å². The summed E-state index contributed by atoms with van der Waals surface area (Å²) in [6.45, 7) is 6.35. The number of anilines is 1. The summed E-state index contributed by atoms with van der Waals surface area (Å²) < 4.78 is 1.89. The van der Waals surface area contributed by atoms with Crippen LogP contribution in [0.15, 0.2) is 12.3 Å². The van der Waals surface area contributed by atoms with Gasteiger partial charge in [0.1, 0.15) is 5.82 Å². The van der Waals surface area contributed by atoms with Crippen molar-refractivity contribution in [2.45, 2.75) is 20.3 Å². The highest BCUT2D eigenvalue weighted by molar-refractivity contribution is 5.57. The first kappa shape index (κ1) is 8.71. The number of hydrogen-bond acceptors (Lipinski definition) is 3. The van der Waals surface area contributed by atoms with Gasteiger partial charge in [-0.2, -0.15) is 5.10 Å². The van der Waals surface area contributed by atoms with Crippen molar-refractivity contribution in [2.75, 3.05) is 18.0 Å². The number of rotatable bonds is 1. The summed E-state index contributed by atoms with van der Waals surface area (Å²) in [5.41, 5.74) is 3.42. The van der Waals surface area contributed by atoms with Crippen molar-refractivity contribution in [3.63, 3.8) is 0 Å². The van der Waals surface area contributed by atoms with E-state index >= 15 is 0 Å². The molecule has 3 rings (SSSR count). The minimum Gasteiger partial charge on any atom is -0.370 e. The lowest BCUT2D eigenvalue weighted by Crippen LogP contribution is -2.37. The molecule has 1 fully saturated rings. The van der Waals surface area contributed by atoms with E-state index in [1.165, 1.54) is 30.8 Å². The van der Waals surface area contributed by atoms with Crippen LogP contribution in [0.3, 0.4) is 0 Å². The topological polar surface area (TPSA) is 33.4 Å². The highest BCUT2D eigenvalue weighted by Gasteiger charge is 2.16. The summed E-state index contributed by atoms with van der Waals surface area (Å²) in [4.78, 5) is 6.75. The van der Waals surface area contributed by atoms with E-state index in [0.717, 1.165) is 11.5 Å². The highest BCUT2D eigenvalue weighted by atomic mass is 15.3. The van der Waals surface area contributed by atoms with Crippen LogP contribution in [0.5, 0.6) is 0 Å². The Morgan fingerprint density at radius 1 is 1.27 bits per heavy atom. The van der Waals surface area contributed by atoms with Crippen molar-refractivity contribution in [1.29, 1.82) is 0 Å². The van der Waals surface area contributed by atoms with Gasteiger partial charge in [-0.3, -0.25) is 0 Å². The molecule has 0 bridgehead atoms. The molecule has 4 nitrogen and oxygen atoms in total. The Morgan fingerprint density at radius 3 is 2.73 bits per heavy atom. The van der Waals surface area contributed by atoms with E-state index in [-0.39, 0.29) is 0 Å². The maximum atomic E-state index is 4.39. The Kier molecular flexibility index (Phi) is 1.71. The van der Waals surface area contributed by atoms with Gasteiger partial charge < -0.3 is 4.90 Å². The second-order valence-electron chi connectivity index (χ2n) is 4.15. The minimum atomic E-state index is 0.832. The van der Waals surface area contributed by atoms with Crippen LogP contribution in [-0.2, 0) is 0 Å². The highest BCUT2D eigenvalue weighted by Crippen LogP contribution is 2.22. The van der Waals surface area contributed by atoms with Crippen LogP contribution in [-0.4, -0.2) is 27.7 Å². The van der Waals surface area contributed by atoms with Gasteiger partial charge >= 0.3 is 0 Å². The van der Waals surface area contributed by atoms with Gasteiger partial charge in [-0.1, -0.05) is 0 Å². The minimum absolute atomic E-state index is 0.832. The van der Waals surface area contributed by atoms with Crippen molar-refractivity contribution in [3.05, 3.63) is 23.7 Å². The number of aryl methyl sites for hydroxylation is 2. The van der Waals surface area contributed by atoms with Crippen LogP contribution >= 0.6 is 0 Å². The fourth-order valence-corrected chi connectivity index (χ4v) is 1.99. The Morgan fingerprint density at radius 2 is 2.07 bits per heavy atom. The van der Waals surface area contributed by atoms with E-state index < -0.39 is 0 Å². The van der Waals surface area contributed by atoms with Crippen LogP contribution in [0.2, 0.25) is 0 Å². The normalized spacial score (nSPS) is 15.7. The average Bonchev–Trinajstić information content (AvgIpc) is 2.42. The van der Waals surface area contributed by atoms with Crippen LogP contribution in [0, 0.1) is 13.8 Å². The molecule has 78 valence electrons. The monoisotopic (exact) mass is 202 g/mol. The second kappa shape index (κ2) is 2.95. The third-order valence-electron chi connectivity index (χ3n) is 2.93. The zero-order chi connectivity index (χ0) is 10.4. The second-order valence-corrected chi connectivity index (χ2v) is 4.15. The van der Waals surface area contributed by atoms with E-state index in [1.54, 1.807) is 0 Å². The SMILES string of the molecule is Cc1nc2c(C)cc(N3CCC3)cn2n1. The molecule has 0 unspecified atom stereocenters. The molecule has 0 N–H and O–H groups in total. The lowest BCUT2D eigenvalue weighted by Gasteiger charge is -2.33. The molecule has 0 amide bonds. The maximum absolute atomic E-state index is 4.39. The lowest BCUT2D eigenvalue weighted by molar-refractivity contribution is 0.615. The third-order valence-corrected chi connectivity index (χ3v) is 2.93. The average molecular weight is 202 g/mol. The van der Waals surface area contributed by atoms with Gasteiger partial charge in [0.25, 0.3) is 0 Å². The van der Waals surface area contributed by atoms with Crippen molar-refractivity contribution in [3.8, 4) is 0 Å². The molecule has 0 aliphatic carbocycles. The fraction of sp³-hybridized carbons (Fsp3) is 0.455. The summed E-state index contributed by atoms with van der Waals surface area (Å²) >= 11 is 0. The van der Waals surface area contributed by atoms with E-state index in [4.69, 9.17) is 0 Å². The summed E-state index contributed by atoms with van der Waals surface area (Å²) in [5, 5.41) is 4.35. The third kappa shape index (κ3) is 1.28. The van der Waals surface area contributed by atoms with Crippen molar-refractivity contribution < 1.29 is 0 Å². The molecule has 1 saturated heterocycles. The number of pyridine rings is 1. The fourth-order valence-electron chi connectivity index (χ4n) is 1.99. The summed E-state index contributed by atoms with van der Waals surface area (Å²) in [5.74, 6) is 0.832. The van der Waals surface area contributed by atoms with Crippen molar-refractivity contribution >= 4 is 11.3 Å². The van der Waals surface area contributed by atoms with Crippen LogP contribution in [0.1, 0.15) is 17.8 Å². The first-order valence-corrected chi connectivity index (χ1v) is 5.32. The molecule has 0 saturated carbocycles. The van der Waals surface area contributed by atoms with E-state index in [9.17, 15) is 0 Å². The molecule has 3 heterocycles. The van der Waals surface area contributed by atoms with Crippen molar-refractivity contribution in [1.82, 2.24) is 14.6 Å². The molecule has 0 aromatic carbocycles. The Labute approximate surface area is 88.5 Å². The Balaban J connectivity index is 2.17. The quantitative estimate of drug-likeness (QED) is 0.703. The zero-order valence-electron chi connectivity index (χ0n) is 9.06. The van der Waals surface area contributed by atoms with Gasteiger partial charge in [-0.25, -0.2) is 9.50 Å². The maximum Gasteiger partial charge on any atom is 0.158 e. The molecule has 4 heteroatoms. The molecule has 15 heavy (non-hydrogen) atoms. The van der Waals surface area contributed by atoms with Gasteiger partial charge in [-0.05, 0) is 31.9 Å². The molecule has 2 aromatic heterocycles. The largest absolute Gasteiger partial charge is 0.370 e. The van der Waals surface area contributed by atoms with Gasteiger partial charge in [0, 0.05) is 13.1 Å². The van der Waals surface area contributed by atoms with Crippen LogP contribution < -0.4 is 4.90 Å². The molecule has 2 aromatic rings. The molecule has 0 spiro atoms. The van der Waals surface area contributed by atoms with Crippen LogP contribution in [0.4, 0.5) is 5.69 Å². The van der Waals surface area contributed by atoms with E-state index in [2.05, 4.69) is 34.2 Å². The number of aromatic nitrogens is 3. The molecule has 0 atom stereocenters. The van der Waals surface area contributed by atoms with Gasteiger partial charge in [-0.15, -0.1) is 0 Å². The molecule has 1 aliphatic heterocycles. The predicted molar refractivity (Wildman–Crippen MR) is 59.3 cm³/mol. The van der Waals surface area contributed by atoms with Crippen molar-refractivity contribution in [2.24, 2.45) is 0 Å². The van der Waals surface area contributed by atoms with Crippen LogP contribution in [0.25, 0.3) is 5.65 Å². The number of nitrogens with zero attached hydrogens (tertiary/aromatic N) is 4. The molecule has 1 aliphatic rings. The summed E-state index contributed by atoms with van der Waals surface area (Å²) in [7, 11) is 0. The summed E-state index contributed by atoms with van der Waals surface area (Å²) in [6.07, 6.45) is 3.37. The van der Waals surface area contributed by atoms with E-state index in [0.29, 0.717) is 0 Å². The predicted octanol–water partition coefficient (Wildman–Crippen LogP) is 1.56. The smallest absolute Gasteiger partial charge is 0.158 e. The number of fused-ring (bicyclic) bond motifs is 1. The first-order chi connectivity index (χ1) is 7.24. The van der Waals surface area contributed by atoms with E-state index in [1.807, 2.05) is 11.4 Å². The zero-order valence-corrected chi connectivity index (χ0v) is 9.06. The van der Waals surface area contributed by atoms with Gasteiger partial charge in [0.15, 0.2) is 5.65 Å². The molecular weight excluding hydrogens is 188 g/mol. The summed E-state index contributed by atoms with van der Waals surface area (Å²) in [6, 6.07) is 2.20. The Bertz CT molecular complexity index is 511. The first-order valence-electron chi connectivity index (χ1n) is 5.32. The Hall–Kier alpha value is -1.58.